The van der Waals surface area contributed by atoms with Crippen LogP contribution in [-0.4, -0.2) is 38.3 Å². The van der Waals surface area contributed by atoms with Gasteiger partial charge in [-0.3, -0.25) is 0 Å². The van der Waals surface area contributed by atoms with Crippen LogP contribution in [0.15, 0.2) is 30.5 Å². The van der Waals surface area contributed by atoms with Crippen molar-refractivity contribution in [3.63, 3.8) is 0 Å². The molecule has 1 aliphatic heterocycles. The van der Waals surface area contributed by atoms with Crippen molar-refractivity contribution in [2.75, 3.05) is 18.8 Å². The van der Waals surface area contributed by atoms with Crippen molar-refractivity contribution in [2.45, 2.75) is 39.5 Å². The van der Waals surface area contributed by atoms with Gasteiger partial charge >= 0.3 is 0 Å². The molecule has 9 heteroatoms. The number of tetrazole rings is 1. The molecular formula is C24H26FN7S. The lowest BCUT2D eigenvalue weighted by Gasteiger charge is -2.22. The zero-order chi connectivity index (χ0) is 23.1. The van der Waals surface area contributed by atoms with E-state index < -0.39 is 0 Å². The van der Waals surface area contributed by atoms with Crippen LogP contribution >= 0.6 is 11.3 Å². The van der Waals surface area contributed by atoms with Crippen molar-refractivity contribution in [3.05, 3.63) is 57.8 Å². The number of halogens is 1. The Balaban J connectivity index is 1.56. The molecule has 0 radical (unpaired) electrons. The molecule has 1 fully saturated rings. The molecule has 0 unspecified atom stereocenters. The third kappa shape index (κ3) is 3.91. The Morgan fingerprint density at radius 2 is 1.94 bits per heavy atom. The summed E-state index contributed by atoms with van der Waals surface area (Å²) in [5.74, 6) is 0.881. The fourth-order valence-corrected chi connectivity index (χ4v) is 5.50. The Kier molecular flexibility index (Phi) is 5.67. The SMILES string of the molecule is Cc1ccc(-n2nnnc2-c2cc(-c3cc(C4CCNCC4)c(C)s3)cnc2N)c(F)c1C. The van der Waals surface area contributed by atoms with E-state index in [1.54, 1.807) is 30.5 Å². The van der Waals surface area contributed by atoms with Crippen LogP contribution in [0, 0.1) is 26.6 Å². The first-order chi connectivity index (χ1) is 15.9. The van der Waals surface area contributed by atoms with Gasteiger partial charge in [-0.2, -0.15) is 4.68 Å². The smallest absolute Gasteiger partial charge is 0.190 e. The normalized spacial score (nSPS) is 14.7. The van der Waals surface area contributed by atoms with Gasteiger partial charge in [-0.25, -0.2) is 9.37 Å². The number of benzene rings is 1. The third-order valence-corrected chi connectivity index (χ3v) is 7.63. The summed E-state index contributed by atoms with van der Waals surface area (Å²) in [6.07, 6.45) is 4.08. The van der Waals surface area contributed by atoms with Crippen LogP contribution in [-0.2, 0) is 0 Å². The third-order valence-electron chi connectivity index (χ3n) is 6.51. The van der Waals surface area contributed by atoms with Crippen LogP contribution in [0.25, 0.3) is 27.5 Å². The molecule has 0 bridgehead atoms. The number of pyridine rings is 1. The fourth-order valence-electron chi connectivity index (χ4n) is 4.41. The maximum atomic E-state index is 15.0. The molecule has 7 nitrogen and oxygen atoms in total. The monoisotopic (exact) mass is 463 g/mol. The molecule has 4 aromatic rings. The van der Waals surface area contributed by atoms with Gasteiger partial charge in [0.25, 0.3) is 0 Å². The Hall–Kier alpha value is -3.17. The minimum absolute atomic E-state index is 0.281. The fraction of sp³-hybridized carbons (Fsp3) is 0.333. The van der Waals surface area contributed by atoms with E-state index >= 15 is 4.39 Å². The minimum atomic E-state index is -0.355. The quantitative estimate of drug-likeness (QED) is 0.461. The Bertz CT molecular complexity index is 1320. The molecule has 170 valence electrons. The summed E-state index contributed by atoms with van der Waals surface area (Å²) < 4.78 is 16.4. The van der Waals surface area contributed by atoms with E-state index in [2.05, 4.69) is 38.8 Å². The highest BCUT2D eigenvalue weighted by Crippen LogP contribution is 2.39. The van der Waals surface area contributed by atoms with Gasteiger partial charge in [0.05, 0.1) is 5.56 Å². The summed E-state index contributed by atoms with van der Waals surface area (Å²) in [5, 5.41) is 15.4. The molecule has 1 aromatic carbocycles. The highest BCUT2D eigenvalue weighted by molar-refractivity contribution is 7.15. The van der Waals surface area contributed by atoms with Crippen LogP contribution in [0.1, 0.15) is 40.3 Å². The molecule has 4 heterocycles. The number of hydrogen-bond donors (Lipinski definition) is 2. The van der Waals surface area contributed by atoms with Crippen molar-refractivity contribution in [2.24, 2.45) is 0 Å². The predicted octanol–water partition coefficient (Wildman–Crippen LogP) is 4.57. The van der Waals surface area contributed by atoms with Crippen molar-refractivity contribution >= 4 is 17.2 Å². The summed E-state index contributed by atoms with van der Waals surface area (Å²) in [5.41, 5.74) is 10.9. The van der Waals surface area contributed by atoms with Crippen molar-refractivity contribution in [3.8, 4) is 27.5 Å². The number of hydrogen-bond acceptors (Lipinski definition) is 7. The second-order valence-electron chi connectivity index (χ2n) is 8.56. The average molecular weight is 464 g/mol. The summed E-state index contributed by atoms with van der Waals surface area (Å²) in [6, 6.07) is 7.76. The molecule has 0 amide bonds. The van der Waals surface area contributed by atoms with Gasteiger partial charge in [0.15, 0.2) is 11.6 Å². The van der Waals surface area contributed by atoms with Crippen molar-refractivity contribution in [1.82, 2.24) is 30.5 Å². The lowest BCUT2D eigenvalue weighted by atomic mass is 9.90. The van der Waals surface area contributed by atoms with Gasteiger partial charge in [-0.05, 0) is 97.9 Å². The van der Waals surface area contributed by atoms with Gasteiger partial charge in [0.1, 0.15) is 11.5 Å². The van der Waals surface area contributed by atoms with Crippen molar-refractivity contribution < 1.29 is 4.39 Å². The highest BCUT2D eigenvalue weighted by atomic mass is 32.1. The number of anilines is 1. The highest BCUT2D eigenvalue weighted by Gasteiger charge is 2.22. The molecule has 33 heavy (non-hydrogen) atoms. The number of piperidine rings is 1. The van der Waals surface area contributed by atoms with E-state index in [9.17, 15) is 0 Å². The summed E-state index contributed by atoms with van der Waals surface area (Å²) in [4.78, 5) is 6.89. The van der Waals surface area contributed by atoms with E-state index in [1.165, 1.54) is 15.1 Å². The largest absolute Gasteiger partial charge is 0.383 e. The predicted molar refractivity (Wildman–Crippen MR) is 129 cm³/mol. The van der Waals surface area contributed by atoms with E-state index in [4.69, 9.17) is 5.73 Å². The number of nitrogens with one attached hydrogen (secondary N) is 1. The lowest BCUT2D eigenvalue weighted by Crippen LogP contribution is -2.26. The number of aryl methyl sites for hydroxylation is 2. The number of rotatable bonds is 4. The number of thiophene rings is 1. The van der Waals surface area contributed by atoms with Crippen LogP contribution in [0.3, 0.4) is 0 Å². The van der Waals surface area contributed by atoms with E-state index in [0.717, 1.165) is 41.9 Å². The molecule has 1 saturated heterocycles. The van der Waals surface area contributed by atoms with E-state index in [0.29, 0.717) is 28.7 Å². The van der Waals surface area contributed by atoms with Gasteiger partial charge < -0.3 is 11.1 Å². The topological polar surface area (TPSA) is 94.5 Å². The molecule has 0 aliphatic carbocycles. The Morgan fingerprint density at radius 1 is 1.15 bits per heavy atom. The summed E-state index contributed by atoms with van der Waals surface area (Å²) >= 11 is 1.76. The van der Waals surface area contributed by atoms with Crippen LogP contribution < -0.4 is 11.1 Å². The number of nitrogens with zero attached hydrogens (tertiary/aromatic N) is 5. The Morgan fingerprint density at radius 3 is 2.73 bits per heavy atom. The molecule has 0 saturated carbocycles. The van der Waals surface area contributed by atoms with Crippen LogP contribution in [0.4, 0.5) is 10.2 Å². The zero-order valence-electron chi connectivity index (χ0n) is 18.9. The summed E-state index contributed by atoms with van der Waals surface area (Å²) in [6.45, 7) is 7.91. The standard InChI is InChI=1S/C24H26FN7S/c1-13-4-5-20(22(25)14(13)2)32-24(29-30-31-32)19-10-17(12-28-23(19)26)21-11-18(15(3)33-21)16-6-8-27-9-7-16/h4-5,10-12,16,27H,6-9H2,1-3H3,(H2,26,28). The molecule has 0 spiro atoms. The first kappa shape index (κ1) is 21.7. The second-order valence-corrected chi connectivity index (χ2v) is 9.81. The van der Waals surface area contributed by atoms with Gasteiger partial charge in [-0.1, -0.05) is 6.07 Å². The first-order valence-corrected chi connectivity index (χ1v) is 11.9. The first-order valence-electron chi connectivity index (χ1n) is 11.1. The van der Waals surface area contributed by atoms with Gasteiger partial charge in [0, 0.05) is 21.5 Å². The minimum Gasteiger partial charge on any atom is -0.383 e. The molecule has 3 N–H and O–H groups in total. The summed E-state index contributed by atoms with van der Waals surface area (Å²) in [7, 11) is 0. The van der Waals surface area contributed by atoms with Crippen LogP contribution in [0.5, 0.6) is 0 Å². The lowest BCUT2D eigenvalue weighted by molar-refractivity contribution is 0.460. The van der Waals surface area contributed by atoms with E-state index in [-0.39, 0.29) is 11.5 Å². The van der Waals surface area contributed by atoms with Crippen molar-refractivity contribution in [1.29, 1.82) is 0 Å². The van der Waals surface area contributed by atoms with Crippen LogP contribution in [0.2, 0.25) is 0 Å². The molecule has 3 aromatic heterocycles. The second kappa shape index (κ2) is 8.64. The maximum Gasteiger partial charge on any atom is 0.190 e. The molecule has 0 atom stereocenters. The molecule has 5 rings (SSSR count). The average Bonchev–Trinajstić information content (AvgIpc) is 3.45. The zero-order valence-corrected chi connectivity index (χ0v) is 19.7. The maximum absolute atomic E-state index is 15.0. The Labute approximate surface area is 195 Å². The van der Waals surface area contributed by atoms with Gasteiger partial charge in [0.2, 0.25) is 0 Å². The number of nitrogen functional groups attached to an aromatic ring is 1. The van der Waals surface area contributed by atoms with E-state index in [1.807, 2.05) is 19.1 Å². The van der Waals surface area contributed by atoms with Gasteiger partial charge in [-0.15, -0.1) is 16.4 Å². The molecular weight excluding hydrogens is 437 g/mol. The number of aromatic nitrogens is 5. The number of nitrogens with two attached hydrogens (primary N) is 1. The molecule has 1 aliphatic rings.